The number of carboxylic acid groups (broad SMARTS) is 1. The fraction of sp³-hybridized carbons (Fsp3) is 0.565. The summed E-state index contributed by atoms with van der Waals surface area (Å²) in [6.07, 6.45) is -0.725. The normalized spacial score (nSPS) is 13.2. The van der Waals surface area contributed by atoms with Crippen molar-refractivity contribution < 1.29 is 48.0 Å². The van der Waals surface area contributed by atoms with Gasteiger partial charge in [-0.15, -0.1) is 0 Å². The Bertz CT molecular complexity index is 841. The Balaban J connectivity index is 3.32. The lowest BCUT2D eigenvalue weighted by atomic mass is 9.82. The summed E-state index contributed by atoms with van der Waals surface area (Å²) in [5.41, 5.74) is 6.31. The molecule has 1 rings (SSSR count). The van der Waals surface area contributed by atoms with Crippen LogP contribution >= 0.6 is 0 Å². The maximum atomic E-state index is 12.1. The molecule has 0 aliphatic carbocycles. The van der Waals surface area contributed by atoms with Crippen molar-refractivity contribution in [2.24, 2.45) is 11.7 Å². The average molecular weight is 484 g/mol. The van der Waals surface area contributed by atoms with Gasteiger partial charge >= 0.3 is 24.2 Å². The molecule has 34 heavy (non-hydrogen) atoms. The first-order valence-electron chi connectivity index (χ1n) is 11.1. The largest absolute Gasteiger partial charge is 0.513 e. The fourth-order valence-corrected chi connectivity index (χ4v) is 2.98. The van der Waals surface area contributed by atoms with Crippen molar-refractivity contribution in [3.8, 4) is 11.5 Å². The number of hydrogen-bond donors (Lipinski definition) is 2. The van der Waals surface area contributed by atoms with Crippen LogP contribution in [0.3, 0.4) is 0 Å². The minimum atomic E-state index is -1.36. The summed E-state index contributed by atoms with van der Waals surface area (Å²) < 4.78 is 25.3. The number of aliphatic carboxylic acids is 1. The maximum Gasteiger partial charge on any atom is 0.513 e. The zero-order valence-electron chi connectivity index (χ0n) is 19.9. The number of esters is 1. The number of carbonyl (C=O) groups excluding carboxylic acids is 3. The highest BCUT2D eigenvalue weighted by atomic mass is 16.7. The van der Waals surface area contributed by atoms with Crippen molar-refractivity contribution >= 4 is 24.2 Å². The van der Waals surface area contributed by atoms with Gasteiger partial charge in [0.15, 0.2) is 11.5 Å². The Kier molecular flexibility index (Phi) is 12.4. The molecule has 3 N–H and O–H groups in total. The predicted molar refractivity (Wildman–Crippen MR) is 120 cm³/mol. The third-order valence-electron chi connectivity index (χ3n) is 4.67. The van der Waals surface area contributed by atoms with Crippen LogP contribution < -0.4 is 15.2 Å². The van der Waals surface area contributed by atoms with Gasteiger partial charge in [0.25, 0.3) is 0 Å². The molecule has 1 aromatic carbocycles. The van der Waals surface area contributed by atoms with Gasteiger partial charge < -0.3 is 34.5 Å². The minimum Gasteiger partial charge on any atom is -0.480 e. The van der Waals surface area contributed by atoms with E-state index in [0.717, 1.165) is 0 Å². The second-order valence-electron chi connectivity index (χ2n) is 7.51. The molecular weight excluding hydrogens is 450 g/mol. The van der Waals surface area contributed by atoms with E-state index in [1.807, 2.05) is 6.92 Å². The molecule has 1 aromatic rings. The van der Waals surface area contributed by atoms with Gasteiger partial charge in [0.05, 0.1) is 19.8 Å². The van der Waals surface area contributed by atoms with Gasteiger partial charge in [0.2, 0.25) is 0 Å². The zero-order chi connectivity index (χ0) is 25.7. The molecule has 2 unspecified atom stereocenters. The second-order valence-corrected chi connectivity index (χ2v) is 7.51. The third-order valence-corrected chi connectivity index (χ3v) is 4.67. The van der Waals surface area contributed by atoms with E-state index in [0.29, 0.717) is 18.4 Å². The molecular formula is C23H33NO10. The zero-order valence-corrected chi connectivity index (χ0v) is 19.9. The van der Waals surface area contributed by atoms with Gasteiger partial charge in [-0.1, -0.05) is 33.8 Å². The number of carboxylic acids is 1. The van der Waals surface area contributed by atoms with Crippen LogP contribution in [0, 0.1) is 5.92 Å². The lowest BCUT2D eigenvalue weighted by Crippen LogP contribution is -2.40. The monoisotopic (exact) mass is 483 g/mol. The van der Waals surface area contributed by atoms with E-state index in [1.165, 1.54) is 18.2 Å². The molecule has 11 nitrogen and oxygen atoms in total. The highest BCUT2D eigenvalue weighted by Gasteiger charge is 2.32. The number of nitrogens with two attached hydrogens (primary N) is 1. The van der Waals surface area contributed by atoms with Crippen LogP contribution in [0.5, 0.6) is 11.5 Å². The number of hydrogen-bond acceptors (Lipinski definition) is 10. The van der Waals surface area contributed by atoms with Gasteiger partial charge in [-0.05, 0) is 36.5 Å². The lowest BCUT2D eigenvalue weighted by molar-refractivity contribution is -0.145. The van der Waals surface area contributed by atoms with Crippen molar-refractivity contribution in [1.82, 2.24) is 0 Å². The summed E-state index contributed by atoms with van der Waals surface area (Å²) >= 11 is 0. The first-order valence-corrected chi connectivity index (χ1v) is 11.1. The number of carbonyl (C=O) groups is 4. The molecule has 0 spiro atoms. The van der Waals surface area contributed by atoms with Crippen LogP contribution in [0.25, 0.3) is 0 Å². The first kappa shape index (κ1) is 28.7. The van der Waals surface area contributed by atoms with Crippen molar-refractivity contribution in [1.29, 1.82) is 0 Å². The topological polar surface area (TPSA) is 161 Å². The molecule has 0 aliphatic heterocycles. The molecule has 0 fully saturated rings. The van der Waals surface area contributed by atoms with Crippen LogP contribution in [0.1, 0.15) is 58.4 Å². The van der Waals surface area contributed by atoms with Crippen molar-refractivity contribution in [2.75, 3.05) is 19.8 Å². The maximum absolute atomic E-state index is 12.1. The van der Waals surface area contributed by atoms with Crippen LogP contribution in [0.4, 0.5) is 9.59 Å². The summed E-state index contributed by atoms with van der Waals surface area (Å²) in [5, 5.41) is 9.53. The molecule has 0 amide bonds. The van der Waals surface area contributed by atoms with Crippen molar-refractivity contribution in [3.63, 3.8) is 0 Å². The van der Waals surface area contributed by atoms with Crippen LogP contribution in [-0.2, 0) is 23.8 Å². The molecule has 0 aliphatic rings. The summed E-state index contributed by atoms with van der Waals surface area (Å²) in [7, 11) is 0. The molecule has 0 bridgehead atoms. The smallest absolute Gasteiger partial charge is 0.480 e. The SMILES string of the molecule is CCCOC(=O)Oc1ccc(C(C(C)COC(=O)CC)[C@H](N)C(=O)O)cc1OC(=O)OCCC. The number of benzene rings is 1. The summed E-state index contributed by atoms with van der Waals surface area (Å²) in [4.78, 5) is 47.2. The molecule has 0 aromatic heterocycles. The van der Waals surface area contributed by atoms with E-state index in [2.05, 4.69) is 0 Å². The minimum absolute atomic E-state index is 0.0748. The first-order chi connectivity index (χ1) is 16.1. The quantitative estimate of drug-likeness (QED) is 0.239. The Morgan fingerprint density at radius 3 is 1.97 bits per heavy atom. The Hall–Kier alpha value is -3.34. The predicted octanol–water partition coefficient (Wildman–Crippen LogP) is 3.62. The number of ether oxygens (including phenoxy) is 5. The average Bonchev–Trinajstić information content (AvgIpc) is 2.81. The summed E-state index contributed by atoms with van der Waals surface area (Å²) in [5.74, 6) is -3.38. The molecule has 0 saturated carbocycles. The van der Waals surface area contributed by atoms with Crippen LogP contribution in [0.15, 0.2) is 18.2 Å². The summed E-state index contributed by atoms with van der Waals surface area (Å²) in [6.45, 7) is 7.10. The van der Waals surface area contributed by atoms with E-state index < -0.39 is 42.1 Å². The van der Waals surface area contributed by atoms with E-state index in [-0.39, 0.29) is 37.7 Å². The Morgan fingerprint density at radius 2 is 1.47 bits per heavy atom. The molecule has 0 heterocycles. The van der Waals surface area contributed by atoms with Gasteiger partial charge in [0.1, 0.15) is 6.04 Å². The van der Waals surface area contributed by atoms with E-state index in [9.17, 15) is 24.3 Å². The van der Waals surface area contributed by atoms with E-state index in [1.54, 1.807) is 20.8 Å². The Labute approximate surface area is 198 Å². The van der Waals surface area contributed by atoms with Crippen molar-refractivity contribution in [3.05, 3.63) is 23.8 Å². The fourth-order valence-electron chi connectivity index (χ4n) is 2.98. The van der Waals surface area contributed by atoms with Gasteiger partial charge in [-0.25, -0.2) is 9.59 Å². The van der Waals surface area contributed by atoms with Gasteiger partial charge in [-0.2, -0.15) is 0 Å². The second kappa shape index (κ2) is 14.7. The molecule has 0 radical (unpaired) electrons. The molecule has 0 saturated heterocycles. The number of rotatable bonds is 13. The third kappa shape index (κ3) is 9.26. The van der Waals surface area contributed by atoms with Crippen molar-refractivity contribution in [2.45, 2.75) is 58.9 Å². The lowest BCUT2D eigenvalue weighted by Gasteiger charge is -2.28. The summed E-state index contributed by atoms with van der Waals surface area (Å²) in [6, 6.07) is 2.79. The Morgan fingerprint density at radius 1 is 0.912 bits per heavy atom. The molecule has 11 heteroatoms. The van der Waals surface area contributed by atoms with Crippen LogP contribution in [0.2, 0.25) is 0 Å². The standard InChI is InChI=1S/C23H33NO10/c1-5-10-30-22(28)33-16-9-8-15(12-17(16)34-23(29)31-11-6-2)19(20(24)21(26)27)14(4)13-32-18(25)7-3/h8-9,12,14,19-20H,5-7,10-11,13,24H2,1-4H3,(H,26,27)/t14?,19?,20-/m0/s1. The highest BCUT2D eigenvalue weighted by molar-refractivity contribution is 5.75. The molecule has 190 valence electrons. The van der Waals surface area contributed by atoms with Crippen LogP contribution in [-0.4, -0.2) is 55.2 Å². The van der Waals surface area contributed by atoms with E-state index >= 15 is 0 Å². The molecule has 3 atom stereocenters. The van der Waals surface area contributed by atoms with Gasteiger partial charge in [-0.3, -0.25) is 9.59 Å². The van der Waals surface area contributed by atoms with Gasteiger partial charge in [0, 0.05) is 12.3 Å². The van der Waals surface area contributed by atoms with E-state index in [4.69, 9.17) is 29.4 Å². The highest BCUT2D eigenvalue weighted by Crippen LogP contribution is 2.36.